The molecule has 0 unspecified atom stereocenters. The topological polar surface area (TPSA) is 87.7 Å². The van der Waals surface area contributed by atoms with Crippen LogP contribution in [0.15, 0.2) is 154 Å². The number of aryl methyl sites for hydroxylation is 2. The van der Waals surface area contributed by atoms with Crippen molar-refractivity contribution in [2.75, 3.05) is 0 Å². The number of hydrogen-bond acceptors (Lipinski definition) is 6. The van der Waals surface area contributed by atoms with Crippen LogP contribution in [0.2, 0.25) is 0 Å². The molecule has 7 aromatic carbocycles. The maximum atomic E-state index is 6.69. The molecule has 8 nitrogen and oxygen atoms in total. The van der Waals surface area contributed by atoms with Crippen LogP contribution >= 0.6 is 0 Å². The second-order valence-corrected chi connectivity index (χ2v) is 14.5. The fourth-order valence-electron chi connectivity index (χ4n) is 8.60. The zero-order chi connectivity index (χ0) is 37.1. The summed E-state index contributed by atoms with van der Waals surface area (Å²) in [6.07, 6.45) is 0. The molecule has 5 aromatic heterocycles. The molecule has 0 fully saturated rings. The summed E-state index contributed by atoms with van der Waals surface area (Å²) in [4.78, 5) is 21.0. The minimum Gasteiger partial charge on any atom is -0.454 e. The lowest BCUT2D eigenvalue weighted by Crippen LogP contribution is -2.10. The van der Waals surface area contributed by atoms with Crippen molar-refractivity contribution in [2.45, 2.75) is 13.8 Å². The van der Waals surface area contributed by atoms with Crippen molar-refractivity contribution in [1.82, 2.24) is 29.1 Å². The second kappa shape index (κ2) is 11.5. The maximum Gasteiger partial charge on any atom is 0.240 e. The van der Waals surface area contributed by atoms with Gasteiger partial charge in [-0.05, 0) is 68.4 Å². The van der Waals surface area contributed by atoms with Gasteiger partial charge in [0, 0.05) is 37.9 Å². The van der Waals surface area contributed by atoms with Gasteiger partial charge in [-0.2, -0.15) is 15.0 Å². The third kappa shape index (κ3) is 4.41. The molecule has 0 amide bonds. The standard InChI is InChI=1S/C48H30N6O2/c1-27-24-28(2)26-29(25-27)46-49-37-17-11-16-36(43(37)56-46)45-50-47(53-38-18-7-3-12-30(38)31-13-4-8-19-39(31)53)52-48(51-45)54-40-20-9-5-14-32(40)34-22-23-35-33-15-6-10-21-41(33)55-44(35)42(34)54/h3-26H,1-2H3. The predicted molar refractivity (Wildman–Crippen MR) is 224 cm³/mol. The van der Waals surface area contributed by atoms with Gasteiger partial charge in [0.25, 0.3) is 0 Å². The number of rotatable bonds is 4. The average Bonchev–Trinajstić information content (AvgIpc) is 3.99. The van der Waals surface area contributed by atoms with E-state index in [4.69, 9.17) is 28.8 Å². The minimum absolute atomic E-state index is 0.456. The van der Waals surface area contributed by atoms with Crippen LogP contribution in [-0.2, 0) is 0 Å². The number of oxazole rings is 1. The van der Waals surface area contributed by atoms with Crippen LogP contribution in [0, 0.1) is 13.8 Å². The van der Waals surface area contributed by atoms with Gasteiger partial charge in [0.2, 0.25) is 17.8 Å². The van der Waals surface area contributed by atoms with Crippen molar-refractivity contribution in [3.05, 3.63) is 157 Å². The number of fused-ring (bicyclic) bond motifs is 11. The summed E-state index contributed by atoms with van der Waals surface area (Å²) in [6, 6.07) is 49.9. The van der Waals surface area contributed by atoms with Crippen molar-refractivity contribution < 1.29 is 8.83 Å². The summed E-state index contributed by atoms with van der Waals surface area (Å²) in [6.45, 7) is 4.17. The van der Waals surface area contributed by atoms with Crippen LogP contribution < -0.4 is 0 Å². The van der Waals surface area contributed by atoms with Crippen molar-refractivity contribution in [3.8, 4) is 34.7 Å². The minimum atomic E-state index is 0.456. The number of furan rings is 1. The predicted octanol–water partition coefficient (Wildman–Crippen LogP) is 12.1. The molecule has 5 heterocycles. The van der Waals surface area contributed by atoms with E-state index in [9.17, 15) is 0 Å². The molecular formula is C48H30N6O2. The van der Waals surface area contributed by atoms with Crippen molar-refractivity contribution in [1.29, 1.82) is 0 Å². The highest BCUT2D eigenvalue weighted by Crippen LogP contribution is 2.41. The van der Waals surface area contributed by atoms with Gasteiger partial charge >= 0.3 is 0 Å². The smallest absolute Gasteiger partial charge is 0.240 e. The molecule has 0 aliphatic rings. The highest BCUT2D eigenvalue weighted by molar-refractivity contribution is 6.21. The SMILES string of the molecule is Cc1cc(C)cc(-c2nc3cccc(-c4nc(-n5c6ccccc6c6ccccc65)nc(-n5c6ccccc6c6ccc7c8ccccc8oc7c65)n4)c3o2)c1. The molecule has 0 N–H and O–H groups in total. The van der Waals surface area contributed by atoms with Gasteiger partial charge in [-0.1, -0.05) is 102 Å². The van der Waals surface area contributed by atoms with Gasteiger partial charge in [0.15, 0.2) is 17.0 Å². The summed E-state index contributed by atoms with van der Waals surface area (Å²) in [5.74, 6) is 1.95. The van der Waals surface area contributed by atoms with Crippen molar-refractivity contribution in [2.24, 2.45) is 0 Å². The van der Waals surface area contributed by atoms with Crippen LogP contribution in [0.5, 0.6) is 0 Å². The summed E-state index contributed by atoms with van der Waals surface area (Å²) in [7, 11) is 0. The van der Waals surface area contributed by atoms with E-state index >= 15 is 0 Å². The first-order chi connectivity index (χ1) is 27.6. The Kier molecular flexibility index (Phi) is 6.31. The molecule has 12 aromatic rings. The van der Waals surface area contributed by atoms with Crippen LogP contribution in [0.1, 0.15) is 11.1 Å². The van der Waals surface area contributed by atoms with Gasteiger partial charge in [-0.25, -0.2) is 4.98 Å². The monoisotopic (exact) mass is 722 g/mol. The Morgan fingerprint density at radius 1 is 0.446 bits per heavy atom. The average molecular weight is 723 g/mol. The molecule has 0 spiro atoms. The molecule has 56 heavy (non-hydrogen) atoms. The normalized spacial score (nSPS) is 12.1. The van der Waals surface area contributed by atoms with Crippen LogP contribution in [-0.4, -0.2) is 29.1 Å². The lowest BCUT2D eigenvalue weighted by atomic mass is 10.1. The van der Waals surface area contributed by atoms with Gasteiger partial charge in [0.1, 0.15) is 16.6 Å². The molecule has 8 heteroatoms. The molecule has 0 atom stereocenters. The lowest BCUT2D eigenvalue weighted by Gasteiger charge is -2.12. The molecule has 0 saturated heterocycles. The number of benzene rings is 7. The number of para-hydroxylation sites is 5. The van der Waals surface area contributed by atoms with E-state index in [2.05, 4.69) is 126 Å². The number of hydrogen-bond donors (Lipinski definition) is 0. The van der Waals surface area contributed by atoms with E-state index in [0.29, 0.717) is 34.8 Å². The lowest BCUT2D eigenvalue weighted by molar-refractivity contribution is 0.620. The first-order valence-corrected chi connectivity index (χ1v) is 18.6. The molecular weight excluding hydrogens is 693 g/mol. The summed E-state index contributed by atoms with van der Waals surface area (Å²) >= 11 is 0. The van der Waals surface area contributed by atoms with E-state index in [1.165, 1.54) is 0 Å². The molecule has 0 aliphatic heterocycles. The summed E-state index contributed by atoms with van der Waals surface area (Å²) < 4.78 is 17.6. The molecule has 0 bridgehead atoms. The first kappa shape index (κ1) is 30.8. The Morgan fingerprint density at radius 3 is 1.75 bits per heavy atom. The van der Waals surface area contributed by atoms with Gasteiger partial charge in [-0.15, -0.1) is 0 Å². The quantitative estimate of drug-likeness (QED) is 0.180. The Morgan fingerprint density at radius 2 is 1.04 bits per heavy atom. The third-order valence-electron chi connectivity index (χ3n) is 10.9. The molecule has 12 rings (SSSR count). The maximum absolute atomic E-state index is 6.69. The molecule has 264 valence electrons. The fraction of sp³-hybridized carbons (Fsp3) is 0.0417. The molecule has 0 aliphatic carbocycles. The Bertz CT molecular complexity index is 3510. The molecule has 0 radical (unpaired) electrons. The second-order valence-electron chi connectivity index (χ2n) is 14.5. The van der Waals surface area contributed by atoms with Crippen molar-refractivity contribution in [3.63, 3.8) is 0 Å². The largest absolute Gasteiger partial charge is 0.454 e. The highest BCUT2D eigenvalue weighted by atomic mass is 16.3. The Hall–Kier alpha value is -7.58. The highest BCUT2D eigenvalue weighted by Gasteiger charge is 2.24. The van der Waals surface area contributed by atoms with E-state index < -0.39 is 0 Å². The van der Waals surface area contributed by atoms with Crippen LogP contribution in [0.4, 0.5) is 0 Å². The Balaban J connectivity index is 1.20. The van der Waals surface area contributed by atoms with E-state index in [1.807, 2.05) is 42.5 Å². The van der Waals surface area contributed by atoms with Crippen LogP contribution in [0.3, 0.4) is 0 Å². The van der Waals surface area contributed by atoms with Gasteiger partial charge in [0.05, 0.1) is 22.1 Å². The van der Waals surface area contributed by atoms with Gasteiger partial charge < -0.3 is 8.83 Å². The van der Waals surface area contributed by atoms with Crippen molar-refractivity contribution >= 4 is 76.6 Å². The molecule has 0 saturated carbocycles. The summed E-state index contributed by atoms with van der Waals surface area (Å²) in [5.41, 5.74) is 10.7. The van der Waals surface area contributed by atoms with E-state index in [1.54, 1.807) is 0 Å². The summed E-state index contributed by atoms with van der Waals surface area (Å²) in [5, 5.41) is 6.42. The van der Waals surface area contributed by atoms with E-state index in [-0.39, 0.29) is 0 Å². The van der Waals surface area contributed by atoms with E-state index in [0.717, 1.165) is 87.8 Å². The fourth-order valence-corrected chi connectivity index (χ4v) is 8.60. The Labute approximate surface area is 318 Å². The zero-order valence-electron chi connectivity index (χ0n) is 30.4. The zero-order valence-corrected chi connectivity index (χ0v) is 30.4. The first-order valence-electron chi connectivity index (χ1n) is 18.6. The third-order valence-corrected chi connectivity index (χ3v) is 10.9. The van der Waals surface area contributed by atoms with Gasteiger partial charge in [-0.3, -0.25) is 9.13 Å². The number of aromatic nitrogens is 6. The number of nitrogens with zero attached hydrogens (tertiary/aromatic N) is 6. The van der Waals surface area contributed by atoms with Crippen LogP contribution in [0.25, 0.3) is 111 Å².